The number of para-hydroxylation sites is 1. The average Bonchev–Trinajstić information content (AvgIpc) is 3.71. The Bertz CT molecular complexity index is 1700. The maximum absolute atomic E-state index is 12.2. The van der Waals surface area contributed by atoms with Crippen LogP contribution in [0.15, 0.2) is 66.7 Å². The number of hydrogen-bond acceptors (Lipinski definition) is 10. The summed E-state index contributed by atoms with van der Waals surface area (Å²) in [5.41, 5.74) is 6.51. The first-order chi connectivity index (χ1) is 22.1. The lowest BCUT2D eigenvalue weighted by Gasteiger charge is -2.22. The molecule has 1 atom stereocenters. The van der Waals surface area contributed by atoms with E-state index < -0.39 is 12.4 Å². The van der Waals surface area contributed by atoms with Crippen LogP contribution in [0, 0.1) is 0 Å². The monoisotopic (exact) mass is 612 g/mol. The molecule has 3 aromatic carbocycles. The molecule has 12 heteroatoms. The highest BCUT2D eigenvalue weighted by atomic mass is 17.2. The molecule has 1 unspecified atom stereocenters. The smallest absolute Gasteiger partial charge is 0.465 e. The number of rotatable bonds is 12. The van der Waals surface area contributed by atoms with E-state index in [1.165, 1.54) is 6.42 Å². The first-order valence-electron chi connectivity index (χ1n) is 15.3. The number of imidazole rings is 1. The summed E-state index contributed by atoms with van der Waals surface area (Å²) in [5, 5.41) is 14.4. The quantitative estimate of drug-likeness (QED) is 0.0709. The van der Waals surface area contributed by atoms with Crippen molar-refractivity contribution in [3.8, 4) is 28.5 Å². The molecule has 0 amide bonds. The fourth-order valence-corrected chi connectivity index (χ4v) is 5.62. The third kappa shape index (κ3) is 7.30. The Hall–Kier alpha value is -4.81. The third-order valence-corrected chi connectivity index (χ3v) is 7.72. The molecule has 1 aliphatic carbocycles. The number of carbonyl (C=O) groups is 1. The molecule has 0 spiro atoms. The van der Waals surface area contributed by atoms with Gasteiger partial charge in [0.1, 0.15) is 12.7 Å². The molecule has 1 N–H and O–H groups in total. The van der Waals surface area contributed by atoms with Gasteiger partial charge in [-0.05, 0) is 65.8 Å². The minimum absolute atomic E-state index is 0.0966. The number of hydrogen-bond donors (Lipinski definition) is 1. The number of fused-ring (bicyclic) bond motifs is 1. The Labute approximate surface area is 260 Å². The Morgan fingerprint density at radius 3 is 2.56 bits per heavy atom. The van der Waals surface area contributed by atoms with Crippen molar-refractivity contribution in [2.45, 2.75) is 71.5 Å². The molecule has 234 valence electrons. The van der Waals surface area contributed by atoms with E-state index in [4.69, 9.17) is 29.0 Å². The van der Waals surface area contributed by atoms with E-state index in [-0.39, 0.29) is 12.7 Å². The number of aromatic nitrogens is 6. The second kappa shape index (κ2) is 14.3. The molecule has 0 saturated heterocycles. The predicted octanol–water partition coefficient (Wildman–Crippen LogP) is 6.61. The third-order valence-electron chi connectivity index (χ3n) is 7.72. The zero-order valence-corrected chi connectivity index (χ0v) is 25.3. The van der Waals surface area contributed by atoms with E-state index in [2.05, 4.69) is 44.9 Å². The van der Waals surface area contributed by atoms with Gasteiger partial charge in [-0.1, -0.05) is 67.1 Å². The summed E-state index contributed by atoms with van der Waals surface area (Å²) < 4.78 is 18.6. The van der Waals surface area contributed by atoms with Crippen LogP contribution in [0.3, 0.4) is 0 Å². The first-order valence-corrected chi connectivity index (χ1v) is 15.3. The molecule has 0 radical (unpaired) electrons. The molecule has 1 saturated carbocycles. The summed E-state index contributed by atoms with van der Waals surface area (Å²) in [7, 11) is 0. The highest BCUT2D eigenvalue weighted by molar-refractivity contribution is 5.81. The summed E-state index contributed by atoms with van der Waals surface area (Å²) in [6, 6.07) is 22.6. The van der Waals surface area contributed by atoms with Crippen molar-refractivity contribution in [2.75, 3.05) is 6.61 Å². The maximum atomic E-state index is 12.2. The lowest BCUT2D eigenvalue weighted by molar-refractivity contribution is -0.371. The second-order valence-corrected chi connectivity index (χ2v) is 10.9. The molecule has 6 rings (SSSR count). The molecule has 1 fully saturated rings. The van der Waals surface area contributed by atoms with E-state index in [1.54, 1.807) is 6.92 Å². The van der Waals surface area contributed by atoms with E-state index in [1.807, 2.05) is 54.0 Å². The van der Waals surface area contributed by atoms with Gasteiger partial charge in [-0.3, -0.25) is 4.57 Å². The van der Waals surface area contributed by atoms with Crippen molar-refractivity contribution in [2.24, 2.45) is 0 Å². The lowest BCUT2D eigenvalue weighted by Crippen LogP contribution is -2.25. The van der Waals surface area contributed by atoms with Crippen molar-refractivity contribution >= 4 is 17.2 Å². The van der Waals surface area contributed by atoms with E-state index in [0.717, 1.165) is 64.5 Å². The van der Waals surface area contributed by atoms with Crippen molar-refractivity contribution in [1.82, 2.24) is 30.2 Å². The Kier molecular flexibility index (Phi) is 9.61. The zero-order chi connectivity index (χ0) is 31.0. The van der Waals surface area contributed by atoms with Crippen LogP contribution in [-0.2, 0) is 32.4 Å². The van der Waals surface area contributed by atoms with Gasteiger partial charge in [-0.25, -0.2) is 14.8 Å². The predicted molar refractivity (Wildman–Crippen MR) is 165 cm³/mol. The van der Waals surface area contributed by atoms with Crippen LogP contribution >= 0.6 is 0 Å². The highest BCUT2D eigenvalue weighted by Gasteiger charge is 2.21. The number of H-pyrrole nitrogens is 1. The molecule has 12 nitrogen and oxygen atoms in total. The van der Waals surface area contributed by atoms with Crippen molar-refractivity contribution in [3.63, 3.8) is 0 Å². The first kappa shape index (κ1) is 30.2. The summed E-state index contributed by atoms with van der Waals surface area (Å²) in [4.78, 5) is 27.8. The molecule has 5 aromatic rings. The van der Waals surface area contributed by atoms with Gasteiger partial charge < -0.3 is 14.2 Å². The molecule has 45 heavy (non-hydrogen) atoms. The molecule has 0 aliphatic heterocycles. The fourth-order valence-electron chi connectivity index (χ4n) is 5.62. The van der Waals surface area contributed by atoms with Gasteiger partial charge in [0.05, 0.1) is 24.2 Å². The molecule has 2 aromatic heterocycles. The van der Waals surface area contributed by atoms with E-state index in [0.29, 0.717) is 25.0 Å². The maximum Gasteiger partial charge on any atom is 0.510 e. The molecule has 0 bridgehead atoms. The van der Waals surface area contributed by atoms with Crippen molar-refractivity contribution < 1.29 is 28.8 Å². The highest BCUT2D eigenvalue weighted by Crippen LogP contribution is 2.31. The van der Waals surface area contributed by atoms with Crippen LogP contribution < -0.4 is 4.74 Å². The number of benzene rings is 3. The van der Waals surface area contributed by atoms with Gasteiger partial charge in [0.15, 0.2) is 5.82 Å². The number of tetrazole rings is 1. The van der Waals surface area contributed by atoms with Gasteiger partial charge in [0, 0.05) is 18.1 Å². The molecule has 2 heterocycles. The fraction of sp³-hybridized carbons (Fsp3) is 0.364. The second-order valence-electron chi connectivity index (χ2n) is 10.9. The summed E-state index contributed by atoms with van der Waals surface area (Å²) >= 11 is 0. The standard InChI is InChI=1S/C33H36N6O6/c1-3-41-32-34-29-15-9-10-25(21-42-45-22(2)43-33(40)44-26-11-5-4-6-12-26)30(29)39(32)20-23-16-18-24(19-17-23)27-13-7-8-14-28(27)31-35-37-38-36-31/h7-10,13-19,22,26H,3-6,11-12,20-21H2,1-2H3,(H,35,36,37,38). The summed E-state index contributed by atoms with van der Waals surface area (Å²) in [5.74, 6) is 0.611. The van der Waals surface area contributed by atoms with Crippen LogP contribution in [0.2, 0.25) is 0 Å². The Morgan fingerprint density at radius 1 is 1.00 bits per heavy atom. The average molecular weight is 613 g/mol. The van der Waals surface area contributed by atoms with Gasteiger partial charge in [0.2, 0.25) is 6.29 Å². The van der Waals surface area contributed by atoms with Gasteiger partial charge >= 0.3 is 6.16 Å². The Balaban J connectivity index is 1.15. The van der Waals surface area contributed by atoms with Crippen molar-refractivity contribution in [1.29, 1.82) is 0 Å². The SMILES string of the molecule is CCOc1nc2cccc(COOC(C)OC(=O)OC3CCCCC3)c2n1Cc1ccc(-c2ccccc2-c2nnn[nH]2)cc1. The summed E-state index contributed by atoms with van der Waals surface area (Å²) in [6.07, 6.45) is 3.23. The summed E-state index contributed by atoms with van der Waals surface area (Å²) in [6.45, 7) is 4.61. The Morgan fingerprint density at radius 2 is 1.80 bits per heavy atom. The van der Waals surface area contributed by atoms with Crippen LogP contribution in [-0.4, -0.2) is 55.3 Å². The van der Waals surface area contributed by atoms with Gasteiger partial charge in [-0.2, -0.15) is 9.87 Å². The molecular weight excluding hydrogens is 576 g/mol. The lowest BCUT2D eigenvalue weighted by atomic mass is 9.98. The number of nitrogens with one attached hydrogen (secondary N) is 1. The van der Waals surface area contributed by atoms with Gasteiger partial charge in [0.25, 0.3) is 6.01 Å². The number of carbonyl (C=O) groups excluding carboxylic acids is 1. The normalized spacial score (nSPS) is 14.4. The van der Waals surface area contributed by atoms with Crippen LogP contribution in [0.1, 0.15) is 57.1 Å². The number of nitrogens with zero attached hydrogens (tertiary/aromatic N) is 5. The largest absolute Gasteiger partial charge is 0.510 e. The van der Waals surface area contributed by atoms with E-state index in [9.17, 15) is 4.79 Å². The number of aromatic amines is 1. The van der Waals surface area contributed by atoms with Crippen LogP contribution in [0.4, 0.5) is 4.79 Å². The van der Waals surface area contributed by atoms with E-state index >= 15 is 0 Å². The van der Waals surface area contributed by atoms with Gasteiger partial charge in [-0.15, -0.1) is 5.10 Å². The molecular formula is C33H36N6O6. The molecule has 1 aliphatic rings. The minimum atomic E-state index is -0.937. The van der Waals surface area contributed by atoms with Crippen LogP contribution in [0.25, 0.3) is 33.5 Å². The number of ether oxygens (including phenoxy) is 3. The minimum Gasteiger partial charge on any atom is -0.465 e. The zero-order valence-electron chi connectivity index (χ0n) is 25.3. The van der Waals surface area contributed by atoms with Crippen LogP contribution in [0.5, 0.6) is 6.01 Å². The van der Waals surface area contributed by atoms with Crippen molar-refractivity contribution in [3.05, 3.63) is 77.9 Å². The topological polar surface area (TPSA) is 136 Å².